The van der Waals surface area contributed by atoms with Crippen LogP contribution in [-0.2, 0) is 19.1 Å². The van der Waals surface area contributed by atoms with Crippen LogP contribution in [0.5, 0.6) is 0 Å². The van der Waals surface area contributed by atoms with Crippen molar-refractivity contribution < 1.29 is 19.1 Å². The quantitative estimate of drug-likeness (QED) is 0.123. The van der Waals surface area contributed by atoms with Crippen LogP contribution < -0.4 is 16.8 Å². The Bertz CT molecular complexity index is 700. The van der Waals surface area contributed by atoms with Gasteiger partial charge in [0.15, 0.2) is 5.96 Å². The highest BCUT2D eigenvalue weighted by molar-refractivity contribution is 5.92. The maximum Gasteiger partial charge on any atom is 0.246 e. The van der Waals surface area contributed by atoms with Crippen molar-refractivity contribution in [3.63, 3.8) is 0 Å². The first-order valence-corrected chi connectivity index (χ1v) is 13.0. The van der Waals surface area contributed by atoms with Crippen molar-refractivity contribution in [3.8, 4) is 0 Å². The zero-order valence-corrected chi connectivity index (χ0v) is 21.0. The minimum Gasteiger partial charge on any atom is -0.378 e. The molecule has 0 aromatic carbocycles. The molecule has 1 aromatic rings. The van der Waals surface area contributed by atoms with E-state index in [1.54, 1.807) is 12.4 Å². The second-order valence-electron chi connectivity index (χ2n) is 8.67. The summed E-state index contributed by atoms with van der Waals surface area (Å²) in [5, 5.41) is 4.57. The normalized spacial score (nSPS) is 14.7. The summed E-state index contributed by atoms with van der Waals surface area (Å²) in [6.07, 6.45) is 13.3. The van der Waals surface area contributed by atoms with Gasteiger partial charge in [0.1, 0.15) is 0 Å². The van der Waals surface area contributed by atoms with E-state index >= 15 is 0 Å². The topological polar surface area (TPSA) is 137 Å². The fraction of sp³-hybridized carbons (Fsp3) is 0.720. The monoisotopic (exact) mass is 492 g/mol. The molecule has 1 saturated carbocycles. The van der Waals surface area contributed by atoms with Gasteiger partial charge in [-0.15, -0.1) is 0 Å². The summed E-state index contributed by atoms with van der Waals surface area (Å²) in [5.41, 5.74) is 12.2. The molecule has 35 heavy (non-hydrogen) atoms. The number of carbonyl (C=O) groups excluding carboxylic acids is 1. The van der Waals surface area contributed by atoms with Crippen molar-refractivity contribution >= 4 is 17.6 Å². The number of hydroxylamine groups is 2. The highest BCUT2D eigenvalue weighted by Crippen LogP contribution is 2.21. The van der Waals surface area contributed by atoms with Crippen molar-refractivity contribution in [2.45, 2.75) is 70.3 Å². The number of aromatic nitrogens is 1. The van der Waals surface area contributed by atoms with Gasteiger partial charge in [-0.1, -0.05) is 32.1 Å². The Hall–Kier alpha value is -2.27. The molecule has 2 rings (SSSR count). The highest BCUT2D eigenvalue weighted by Gasteiger charge is 2.21. The van der Waals surface area contributed by atoms with Gasteiger partial charge in [0.2, 0.25) is 5.91 Å². The third kappa shape index (κ3) is 14.0. The molecule has 0 bridgehead atoms. The second-order valence-corrected chi connectivity index (χ2v) is 8.67. The Morgan fingerprint density at radius 3 is 2.49 bits per heavy atom. The SMILES string of the molecule is NCCOCCOCCN(OC1CCCCC1)C(=O)CCCCCCN=C(N)Nc1ccncc1. The number of amides is 1. The van der Waals surface area contributed by atoms with Crippen LogP contribution in [0.15, 0.2) is 29.5 Å². The maximum atomic E-state index is 12.8. The number of unbranched alkanes of at least 4 members (excludes halogenated alkanes) is 3. The van der Waals surface area contributed by atoms with Crippen molar-refractivity contribution in [1.82, 2.24) is 10.0 Å². The zero-order valence-electron chi connectivity index (χ0n) is 21.0. The third-order valence-electron chi connectivity index (χ3n) is 5.71. The Labute approximate surface area is 209 Å². The molecule has 0 atom stereocenters. The molecule has 1 fully saturated rings. The van der Waals surface area contributed by atoms with E-state index in [1.807, 2.05) is 12.1 Å². The molecule has 1 aliphatic carbocycles. The number of carbonyl (C=O) groups is 1. The van der Waals surface area contributed by atoms with Gasteiger partial charge >= 0.3 is 0 Å². The standard InChI is InChI=1S/C25H44N6O4/c26-13-18-33-20-21-34-19-17-31(35-23-8-4-3-5-9-23)24(32)10-6-1-2-7-14-29-25(27)30-22-11-15-28-16-12-22/h11-12,15-16,23H,1-10,13-14,17-21,26H2,(H3,27,28,29,30). The van der Waals surface area contributed by atoms with Crippen LogP contribution >= 0.6 is 0 Å². The van der Waals surface area contributed by atoms with E-state index in [2.05, 4.69) is 15.3 Å². The van der Waals surface area contributed by atoms with Crippen LogP contribution in [-0.4, -0.2) is 74.1 Å². The third-order valence-corrected chi connectivity index (χ3v) is 5.71. The number of rotatable bonds is 18. The molecular weight excluding hydrogens is 448 g/mol. The average molecular weight is 493 g/mol. The molecule has 0 radical (unpaired) electrons. The van der Waals surface area contributed by atoms with Crippen molar-refractivity contribution in [3.05, 3.63) is 24.5 Å². The molecule has 1 aromatic heterocycles. The molecule has 198 valence electrons. The van der Waals surface area contributed by atoms with E-state index < -0.39 is 0 Å². The summed E-state index contributed by atoms with van der Waals surface area (Å²) in [6, 6.07) is 3.68. The van der Waals surface area contributed by atoms with E-state index in [4.69, 9.17) is 25.8 Å². The number of aliphatic imine (C=N–C) groups is 1. The lowest BCUT2D eigenvalue weighted by Crippen LogP contribution is -2.38. The number of nitrogens with two attached hydrogens (primary N) is 2. The van der Waals surface area contributed by atoms with Gasteiger partial charge in [0, 0.05) is 37.6 Å². The minimum atomic E-state index is 0.0300. The number of ether oxygens (including phenoxy) is 2. The molecule has 1 aliphatic rings. The summed E-state index contributed by atoms with van der Waals surface area (Å²) >= 11 is 0. The molecular formula is C25H44N6O4. The van der Waals surface area contributed by atoms with E-state index in [9.17, 15) is 4.79 Å². The first-order chi connectivity index (χ1) is 17.2. The summed E-state index contributed by atoms with van der Waals surface area (Å²) in [6.45, 7) is 3.53. The second kappa shape index (κ2) is 19.0. The van der Waals surface area contributed by atoms with Crippen LogP contribution in [0, 0.1) is 0 Å². The van der Waals surface area contributed by atoms with Gasteiger partial charge < -0.3 is 26.3 Å². The van der Waals surface area contributed by atoms with Crippen LogP contribution in [0.4, 0.5) is 5.69 Å². The van der Waals surface area contributed by atoms with E-state index in [0.29, 0.717) is 58.4 Å². The van der Waals surface area contributed by atoms with Gasteiger partial charge in [0.05, 0.1) is 39.1 Å². The van der Waals surface area contributed by atoms with E-state index in [1.165, 1.54) is 11.5 Å². The van der Waals surface area contributed by atoms with E-state index in [0.717, 1.165) is 57.1 Å². The lowest BCUT2D eigenvalue weighted by Gasteiger charge is -2.29. The molecule has 5 N–H and O–H groups in total. The summed E-state index contributed by atoms with van der Waals surface area (Å²) < 4.78 is 10.9. The number of anilines is 1. The molecule has 10 heteroatoms. The number of pyridine rings is 1. The van der Waals surface area contributed by atoms with Gasteiger partial charge in [-0.3, -0.25) is 19.6 Å². The van der Waals surface area contributed by atoms with Gasteiger partial charge in [-0.05, 0) is 37.8 Å². The van der Waals surface area contributed by atoms with Crippen LogP contribution in [0.1, 0.15) is 64.2 Å². The first-order valence-electron chi connectivity index (χ1n) is 13.0. The maximum absolute atomic E-state index is 12.8. The molecule has 1 heterocycles. The predicted molar refractivity (Wildman–Crippen MR) is 138 cm³/mol. The lowest BCUT2D eigenvalue weighted by molar-refractivity contribution is -0.214. The number of hydrogen-bond donors (Lipinski definition) is 3. The van der Waals surface area contributed by atoms with Crippen molar-refractivity contribution in [2.75, 3.05) is 51.4 Å². The van der Waals surface area contributed by atoms with Crippen molar-refractivity contribution in [2.24, 2.45) is 16.5 Å². The largest absolute Gasteiger partial charge is 0.378 e. The number of nitrogens with zero attached hydrogens (tertiary/aromatic N) is 3. The Kier molecular flexibility index (Phi) is 15.7. The fourth-order valence-electron chi connectivity index (χ4n) is 3.83. The summed E-state index contributed by atoms with van der Waals surface area (Å²) in [7, 11) is 0. The van der Waals surface area contributed by atoms with Crippen LogP contribution in [0.2, 0.25) is 0 Å². The molecule has 0 unspecified atom stereocenters. The molecule has 0 spiro atoms. The van der Waals surface area contributed by atoms with Crippen molar-refractivity contribution in [1.29, 1.82) is 0 Å². The zero-order chi connectivity index (χ0) is 25.0. The van der Waals surface area contributed by atoms with Gasteiger partial charge in [0.25, 0.3) is 0 Å². The number of guanidine groups is 1. The lowest BCUT2D eigenvalue weighted by atomic mass is 9.98. The van der Waals surface area contributed by atoms with Crippen LogP contribution in [0.25, 0.3) is 0 Å². The molecule has 0 aliphatic heterocycles. The van der Waals surface area contributed by atoms with E-state index in [-0.39, 0.29) is 12.0 Å². The Balaban J connectivity index is 1.61. The van der Waals surface area contributed by atoms with Gasteiger partial charge in [-0.25, -0.2) is 5.06 Å². The molecule has 10 nitrogen and oxygen atoms in total. The Morgan fingerprint density at radius 2 is 1.74 bits per heavy atom. The van der Waals surface area contributed by atoms with Gasteiger partial charge in [-0.2, -0.15) is 0 Å². The fourth-order valence-corrected chi connectivity index (χ4v) is 3.83. The number of hydrogen-bond acceptors (Lipinski definition) is 7. The minimum absolute atomic E-state index is 0.0300. The molecule has 1 amide bonds. The highest BCUT2D eigenvalue weighted by atomic mass is 16.7. The summed E-state index contributed by atoms with van der Waals surface area (Å²) in [4.78, 5) is 27.2. The summed E-state index contributed by atoms with van der Waals surface area (Å²) in [5.74, 6) is 0.428. The average Bonchev–Trinajstić information content (AvgIpc) is 2.88. The molecule has 0 saturated heterocycles. The number of nitrogens with one attached hydrogen (secondary N) is 1. The predicted octanol–water partition coefficient (Wildman–Crippen LogP) is 2.84. The Morgan fingerprint density at radius 1 is 1.03 bits per heavy atom. The van der Waals surface area contributed by atoms with Crippen LogP contribution in [0.3, 0.4) is 0 Å². The first kappa shape index (κ1) is 29.0. The smallest absolute Gasteiger partial charge is 0.246 e.